The molecule has 1 saturated heterocycles. The van der Waals surface area contributed by atoms with Gasteiger partial charge in [0.25, 0.3) is 0 Å². The van der Waals surface area contributed by atoms with Gasteiger partial charge in [-0.2, -0.15) is 0 Å². The van der Waals surface area contributed by atoms with Gasteiger partial charge < -0.3 is 0 Å². The number of imide groups is 1. The number of nitrogens with zero attached hydrogens (tertiary/aromatic N) is 1. The standard InChI is InChI=1S/C9H16N2O2/c1-6(2)5-11-8(12)4-10-7(3)9(11)13/h6-7,10H,4-5H2,1-3H3. The fourth-order valence-corrected chi connectivity index (χ4v) is 1.34. The first-order valence-electron chi connectivity index (χ1n) is 4.60. The van der Waals surface area contributed by atoms with Crippen molar-refractivity contribution in [3.8, 4) is 0 Å². The van der Waals surface area contributed by atoms with Crippen LogP contribution in [0, 0.1) is 5.92 Å². The molecule has 0 aromatic heterocycles. The van der Waals surface area contributed by atoms with Gasteiger partial charge in [-0.05, 0) is 12.8 Å². The van der Waals surface area contributed by atoms with Crippen LogP contribution in [0.1, 0.15) is 20.8 Å². The summed E-state index contributed by atoms with van der Waals surface area (Å²) in [7, 11) is 0. The topological polar surface area (TPSA) is 49.4 Å². The first-order chi connectivity index (χ1) is 6.02. The van der Waals surface area contributed by atoms with Crippen molar-refractivity contribution in [3.05, 3.63) is 0 Å². The summed E-state index contributed by atoms with van der Waals surface area (Å²) in [5.41, 5.74) is 0. The molecule has 0 spiro atoms. The van der Waals surface area contributed by atoms with Gasteiger partial charge in [0.2, 0.25) is 11.8 Å². The van der Waals surface area contributed by atoms with Crippen molar-refractivity contribution in [2.24, 2.45) is 5.92 Å². The molecule has 1 atom stereocenters. The Morgan fingerprint density at radius 1 is 1.54 bits per heavy atom. The molecule has 1 rings (SSSR count). The number of hydrogen-bond acceptors (Lipinski definition) is 3. The molecule has 1 heterocycles. The lowest BCUT2D eigenvalue weighted by Gasteiger charge is -2.30. The van der Waals surface area contributed by atoms with E-state index >= 15 is 0 Å². The molecule has 1 unspecified atom stereocenters. The normalized spacial score (nSPS) is 24.3. The van der Waals surface area contributed by atoms with Gasteiger partial charge in [0, 0.05) is 6.54 Å². The Morgan fingerprint density at radius 2 is 2.15 bits per heavy atom. The average molecular weight is 184 g/mol. The highest BCUT2D eigenvalue weighted by Gasteiger charge is 2.30. The number of amides is 2. The first kappa shape index (κ1) is 10.2. The van der Waals surface area contributed by atoms with Crippen molar-refractivity contribution in [3.63, 3.8) is 0 Å². The number of carbonyl (C=O) groups is 2. The third-order valence-electron chi connectivity index (χ3n) is 2.04. The molecular formula is C9H16N2O2. The van der Waals surface area contributed by atoms with Crippen LogP contribution >= 0.6 is 0 Å². The minimum Gasteiger partial charge on any atom is -0.298 e. The number of hydrogen-bond donors (Lipinski definition) is 1. The first-order valence-corrected chi connectivity index (χ1v) is 4.60. The Kier molecular flexibility index (Phi) is 3.03. The quantitative estimate of drug-likeness (QED) is 0.614. The molecule has 4 nitrogen and oxygen atoms in total. The Morgan fingerprint density at radius 3 is 2.69 bits per heavy atom. The summed E-state index contributed by atoms with van der Waals surface area (Å²) >= 11 is 0. The fourth-order valence-electron chi connectivity index (χ4n) is 1.34. The van der Waals surface area contributed by atoms with E-state index in [2.05, 4.69) is 5.32 Å². The average Bonchev–Trinajstić information content (AvgIpc) is 2.05. The van der Waals surface area contributed by atoms with Crippen molar-refractivity contribution in [1.29, 1.82) is 0 Å². The van der Waals surface area contributed by atoms with Crippen LogP contribution in [0.5, 0.6) is 0 Å². The van der Waals surface area contributed by atoms with Crippen LogP contribution in [-0.2, 0) is 9.59 Å². The van der Waals surface area contributed by atoms with Gasteiger partial charge in [-0.25, -0.2) is 0 Å². The molecule has 0 radical (unpaired) electrons. The molecule has 0 bridgehead atoms. The highest BCUT2D eigenvalue weighted by Crippen LogP contribution is 2.06. The van der Waals surface area contributed by atoms with Gasteiger partial charge in [-0.3, -0.25) is 19.8 Å². The minimum absolute atomic E-state index is 0.107. The van der Waals surface area contributed by atoms with Gasteiger partial charge in [-0.15, -0.1) is 0 Å². The molecule has 1 aliphatic rings. The Labute approximate surface area is 78.3 Å². The summed E-state index contributed by atoms with van der Waals surface area (Å²) in [6.07, 6.45) is 0. The van der Waals surface area contributed by atoms with Crippen LogP contribution in [0.25, 0.3) is 0 Å². The second-order valence-corrected chi connectivity index (χ2v) is 3.84. The summed E-state index contributed by atoms with van der Waals surface area (Å²) < 4.78 is 0. The molecule has 0 aromatic carbocycles. The van der Waals surface area contributed by atoms with Crippen molar-refractivity contribution in [1.82, 2.24) is 10.2 Å². The van der Waals surface area contributed by atoms with Gasteiger partial charge in [-0.1, -0.05) is 13.8 Å². The van der Waals surface area contributed by atoms with E-state index in [4.69, 9.17) is 0 Å². The third-order valence-corrected chi connectivity index (χ3v) is 2.04. The van der Waals surface area contributed by atoms with Crippen LogP contribution in [0.2, 0.25) is 0 Å². The van der Waals surface area contributed by atoms with Gasteiger partial charge >= 0.3 is 0 Å². The monoisotopic (exact) mass is 184 g/mol. The van der Waals surface area contributed by atoms with Crippen molar-refractivity contribution < 1.29 is 9.59 Å². The van der Waals surface area contributed by atoms with Crippen molar-refractivity contribution in [2.45, 2.75) is 26.8 Å². The number of nitrogens with one attached hydrogen (secondary N) is 1. The van der Waals surface area contributed by atoms with Gasteiger partial charge in [0.05, 0.1) is 12.6 Å². The molecule has 4 heteroatoms. The zero-order chi connectivity index (χ0) is 10.0. The summed E-state index contributed by atoms with van der Waals surface area (Å²) in [4.78, 5) is 24.2. The maximum Gasteiger partial charge on any atom is 0.246 e. The SMILES string of the molecule is CC(C)CN1C(=O)CNC(C)C1=O. The molecule has 74 valence electrons. The Balaban J connectivity index is 2.67. The number of piperazine rings is 1. The van der Waals surface area contributed by atoms with Crippen molar-refractivity contribution in [2.75, 3.05) is 13.1 Å². The smallest absolute Gasteiger partial charge is 0.246 e. The van der Waals surface area contributed by atoms with E-state index in [0.29, 0.717) is 12.5 Å². The van der Waals surface area contributed by atoms with Crippen LogP contribution in [0.3, 0.4) is 0 Å². The van der Waals surface area contributed by atoms with E-state index in [-0.39, 0.29) is 24.4 Å². The van der Waals surface area contributed by atoms with E-state index in [9.17, 15) is 9.59 Å². The molecule has 1 aliphatic heterocycles. The van der Waals surface area contributed by atoms with E-state index in [1.807, 2.05) is 13.8 Å². The number of rotatable bonds is 2. The third kappa shape index (κ3) is 2.28. The second kappa shape index (κ2) is 3.87. The van der Waals surface area contributed by atoms with E-state index < -0.39 is 0 Å². The van der Waals surface area contributed by atoms with Crippen LogP contribution in [0.4, 0.5) is 0 Å². The summed E-state index contributed by atoms with van der Waals surface area (Å²) in [5, 5.41) is 2.84. The molecule has 0 aromatic rings. The summed E-state index contributed by atoms with van der Waals surface area (Å²) in [6.45, 7) is 6.58. The Bertz CT molecular complexity index is 226. The lowest BCUT2D eigenvalue weighted by Crippen LogP contribution is -2.57. The van der Waals surface area contributed by atoms with Gasteiger partial charge in [0.1, 0.15) is 0 Å². The Hall–Kier alpha value is -0.900. The maximum atomic E-state index is 11.5. The van der Waals surface area contributed by atoms with Crippen LogP contribution in [-0.4, -0.2) is 35.8 Å². The summed E-state index contributed by atoms with van der Waals surface area (Å²) in [6, 6.07) is -0.226. The predicted octanol–water partition coefficient (Wildman–Crippen LogP) is -0.0107. The lowest BCUT2D eigenvalue weighted by molar-refractivity contribution is -0.149. The highest BCUT2D eigenvalue weighted by molar-refractivity contribution is 6.00. The molecule has 0 saturated carbocycles. The second-order valence-electron chi connectivity index (χ2n) is 3.84. The van der Waals surface area contributed by atoms with E-state index in [1.165, 1.54) is 4.90 Å². The minimum atomic E-state index is -0.226. The molecule has 1 N–H and O–H groups in total. The molecule has 13 heavy (non-hydrogen) atoms. The molecule has 0 aliphatic carbocycles. The molecule has 2 amide bonds. The van der Waals surface area contributed by atoms with Crippen LogP contribution < -0.4 is 5.32 Å². The fraction of sp³-hybridized carbons (Fsp3) is 0.778. The maximum absolute atomic E-state index is 11.5. The molecular weight excluding hydrogens is 168 g/mol. The zero-order valence-electron chi connectivity index (χ0n) is 8.33. The summed E-state index contributed by atoms with van der Waals surface area (Å²) in [5.74, 6) is 0.111. The molecule has 1 fully saturated rings. The van der Waals surface area contributed by atoms with Crippen LogP contribution in [0.15, 0.2) is 0 Å². The zero-order valence-corrected chi connectivity index (χ0v) is 8.33. The van der Waals surface area contributed by atoms with E-state index in [0.717, 1.165) is 0 Å². The van der Waals surface area contributed by atoms with Gasteiger partial charge in [0.15, 0.2) is 0 Å². The largest absolute Gasteiger partial charge is 0.298 e. The lowest BCUT2D eigenvalue weighted by atomic mass is 10.1. The predicted molar refractivity (Wildman–Crippen MR) is 49.0 cm³/mol. The number of carbonyl (C=O) groups excluding carboxylic acids is 2. The highest BCUT2D eigenvalue weighted by atomic mass is 16.2. The van der Waals surface area contributed by atoms with E-state index in [1.54, 1.807) is 6.92 Å². The van der Waals surface area contributed by atoms with Crippen molar-refractivity contribution >= 4 is 11.8 Å².